The highest BCUT2D eigenvalue weighted by Crippen LogP contribution is 2.38. The van der Waals surface area contributed by atoms with Crippen LogP contribution in [0.3, 0.4) is 0 Å². The Morgan fingerprint density at radius 2 is 1.92 bits per heavy atom. The van der Waals surface area contributed by atoms with E-state index in [9.17, 15) is 9.59 Å². The number of furan rings is 1. The minimum atomic E-state index is -0.353. The Morgan fingerprint density at radius 3 is 2.62 bits per heavy atom. The number of ether oxygens (including phenoxy) is 2. The van der Waals surface area contributed by atoms with Crippen LogP contribution in [-0.2, 0) is 4.79 Å². The van der Waals surface area contributed by atoms with Crippen molar-refractivity contribution in [3.05, 3.63) is 40.8 Å². The first-order chi connectivity index (χ1) is 11.6. The number of carbonyl (C=O) groups is 2. The van der Waals surface area contributed by atoms with E-state index in [1.807, 2.05) is 0 Å². The molecule has 0 spiro atoms. The number of nitrogens with one attached hydrogen (secondary N) is 2. The van der Waals surface area contributed by atoms with Gasteiger partial charge in [0.1, 0.15) is 13.2 Å². The van der Waals surface area contributed by atoms with Gasteiger partial charge in [-0.2, -0.15) is 0 Å². The van der Waals surface area contributed by atoms with E-state index in [0.717, 1.165) is 0 Å². The molecule has 0 fully saturated rings. The SMILES string of the molecule is O=C(CCNC(=O)c1ccco1)Nc1cc2c(cc1Br)OCCO2. The Balaban J connectivity index is 1.52. The van der Waals surface area contributed by atoms with Crippen molar-refractivity contribution in [2.45, 2.75) is 6.42 Å². The summed E-state index contributed by atoms with van der Waals surface area (Å²) in [4.78, 5) is 23.7. The molecule has 24 heavy (non-hydrogen) atoms. The molecule has 0 saturated heterocycles. The van der Waals surface area contributed by atoms with Gasteiger partial charge in [0.05, 0.1) is 12.0 Å². The highest BCUT2D eigenvalue weighted by atomic mass is 79.9. The molecule has 7 nitrogen and oxygen atoms in total. The summed E-state index contributed by atoms with van der Waals surface area (Å²) >= 11 is 3.39. The van der Waals surface area contributed by atoms with Crippen molar-refractivity contribution >= 4 is 33.4 Å². The topological polar surface area (TPSA) is 89.8 Å². The molecule has 2 aromatic rings. The van der Waals surface area contributed by atoms with Crippen LogP contribution in [0, 0.1) is 0 Å². The van der Waals surface area contributed by atoms with Crippen LogP contribution in [0.5, 0.6) is 11.5 Å². The normalized spacial score (nSPS) is 12.5. The Hall–Kier alpha value is -2.48. The molecule has 2 N–H and O–H groups in total. The van der Waals surface area contributed by atoms with Gasteiger partial charge in [0.15, 0.2) is 17.3 Å². The average molecular weight is 395 g/mol. The molecular weight excluding hydrogens is 380 g/mol. The van der Waals surface area contributed by atoms with Gasteiger partial charge in [-0.25, -0.2) is 0 Å². The van der Waals surface area contributed by atoms with Gasteiger partial charge in [-0.1, -0.05) is 0 Å². The van der Waals surface area contributed by atoms with Gasteiger partial charge >= 0.3 is 0 Å². The molecule has 0 radical (unpaired) electrons. The number of carbonyl (C=O) groups excluding carboxylic acids is 2. The maximum atomic E-state index is 12.0. The first-order valence-corrected chi connectivity index (χ1v) is 8.13. The third-order valence-corrected chi connectivity index (χ3v) is 3.94. The number of fused-ring (bicyclic) bond motifs is 1. The van der Waals surface area contributed by atoms with Gasteiger partial charge in [0.2, 0.25) is 5.91 Å². The van der Waals surface area contributed by atoms with Crippen molar-refractivity contribution in [2.75, 3.05) is 25.1 Å². The zero-order valence-electron chi connectivity index (χ0n) is 12.6. The molecule has 0 aliphatic carbocycles. The molecule has 2 amide bonds. The fraction of sp³-hybridized carbons (Fsp3) is 0.250. The fourth-order valence-electron chi connectivity index (χ4n) is 2.16. The zero-order chi connectivity index (χ0) is 16.9. The molecular formula is C16H15BrN2O5. The van der Waals surface area contributed by atoms with Gasteiger partial charge in [0, 0.05) is 29.6 Å². The van der Waals surface area contributed by atoms with Gasteiger partial charge in [0.25, 0.3) is 5.91 Å². The Morgan fingerprint density at radius 1 is 1.17 bits per heavy atom. The Labute approximate surface area is 146 Å². The molecule has 1 aromatic heterocycles. The lowest BCUT2D eigenvalue weighted by molar-refractivity contribution is -0.116. The molecule has 0 unspecified atom stereocenters. The van der Waals surface area contributed by atoms with E-state index in [2.05, 4.69) is 26.6 Å². The summed E-state index contributed by atoms with van der Waals surface area (Å²) in [6.07, 6.45) is 1.55. The van der Waals surface area contributed by atoms with Gasteiger partial charge in [-0.05, 0) is 28.1 Å². The van der Waals surface area contributed by atoms with Gasteiger partial charge in [-0.3, -0.25) is 9.59 Å². The molecule has 0 saturated carbocycles. The summed E-state index contributed by atoms with van der Waals surface area (Å²) in [5, 5.41) is 5.39. The molecule has 1 aromatic carbocycles. The number of hydrogen-bond donors (Lipinski definition) is 2. The van der Waals surface area contributed by atoms with E-state index in [-0.39, 0.29) is 30.5 Å². The van der Waals surface area contributed by atoms with Crippen molar-refractivity contribution in [1.82, 2.24) is 5.32 Å². The van der Waals surface area contributed by atoms with Crippen molar-refractivity contribution in [2.24, 2.45) is 0 Å². The van der Waals surface area contributed by atoms with E-state index < -0.39 is 0 Å². The molecule has 1 aliphatic heterocycles. The molecule has 8 heteroatoms. The number of halogens is 1. The van der Waals surface area contributed by atoms with Crippen LogP contribution in [-0.4, -0.2) is 31.6 Å². The third kappa shape index (κ3) is 3.88. The number of amides is 2. The van der Waals surface area contributed by atoms with Crippen LogP contribution in [0.1, 0.15) is 17.0 Å². The molecule has 3 rings (SSSR count). The largest absolute Gasteiger partial charge is 0.486 e. The predicted molar refractivity (Wildman–Crippen MR) is 89.4 cm³/mol. The van der Waals surface area contributed by atoms with E-state index in [1.54, 1.807) is 24.3 Å². The second kappa shape index (κ2) is 7.39. The smallest absolute Gasteiger partial charge is 0.286 e. The number of rotatable bonds is 5. The summed E-state index contributed by atoms with van der Waals surface area (Å²) in [5.41, 5.74) is 0.585. The highest BCUT2D eigenvalue weighted by molar-refractivity contribution is 9.10. The van der Waals surface area contributed by atoms with Crippen LogP contribution in [0.15, 0.2) is 39.4 Å². The van der Waals surface area contributed by atoms with Crippen LogP contribution in [0.25, 0.3) is 0 Å². The summed E-state index contributed by atoms with van der Waals surface area (Å²) < 4.78 is 16.6. The fourth-order valence-corrected chi connectivity index (χ4v) is 2.58. The van der Waals surface area contributed by atoms with Gasteiger partial charge in [-0.15, -0.1) is 0 Å². The lowest BCUT2D eigenvalue weighted by atomic mass is 10.2. The first kappa shape index (κ1) is 16.4. The first-order valence-electron chi connectivity index (χ1n) is 7.34. The zero-order valence-corrected chi connectivity index (χ0v) is 14.2. The molecule has 126 valence electrons. The standard InChI is InChI=1S/C16H15BrN2O5/c17-10-8-13-14(24-7-6-23-13)9-11(10)19-15(20)3-4-18-16(21)12-2-1-5-22-12/h1-2,5,8-9H,3-4,6-7H2,(H,18,21)(H,19,20). The number of hydrogen-bond acceptors (Lipinski definition) is 5. The van der Waals surface area contributed by atoms with E-state index in [0.29, 0.717) is 34.9 Å². The minimum absolute atomic E-state index is 0.132. The minimum Gasteiger partial charge on any atom is -0.486 e. The Kier molecular flexibility index (Phi) is 5.05. The maximum Gasteiger partial charge on any atom is 0.286 e. The predicted octanol–water partition coefficient (Wildman–Crippen LogP) is 2.57. The molecule has 0 bridgehead atoms. The van der Waals surface area contributed by atoms with Crippen molar-refractivity contribution in [3.63, 3.8) is 0 Å². The summed E-state index contributed by atoms with van der Waals surface area (Å²) in [6, 6.07) is 6.64. The van der Waals surface area contributed by atoms with Gasteiger partial charge < -0.3 is 24.5 Å². The highest BCUT2D eigenvalue weighted by Gasteiger charge is 2.16. The summed E-state index contributed by atoms with van der Waals surface area (Å²) in [6.45, 7) is 1.18. The van der Waals surface area contributed by atoms with E-state index >= 15 is 0 Å². The monoisotopic (exact) mass is 394 g/mol. The van der Waals surface area contributed by atoms with Crippen LogP contribution in [0.4, 0.5) is 5.69 Å². The average Bonchev–Trinajstić information content (AvgIpc) is 3.10. The lowest BCUT2D eigenvalue weighted by Crippen LogP contribution is -2.27. The number of benzene rings is 1. The number of anilines is 1. The maximum absolute atomic E-state index is 12.0. The molecule has 2 heterocycles. The lowest BCUT2D eigenvalue weighted by Gasteiger charge is -2.20. The second-order valence-corrected chi connectivity index (χ2v) is 5.86. The van der Waals surface area contributed by atoms with Crippen LogP contribution < -0.4 is 20.1 Å². The summed E-state index contributed by atoms with van der Waals surface area (Å²) in [5.74, 6) is 0.855. The van der Waals surface area contributed by atoms with Crippen molar-refractivity contribution in [3.8, 4) is 11.5 Å². The van der Waals surface area contributed by atoms with E-state index in [1.165, 1.54) is 6.26 Å². The van der Waals surface area contributed by atoms with Crippen LogP contribution >= 0.6 is 15.9 Å². The second-order valence-electron chi connectivity index (χ2n) is 5.01. The third-order valence-electron chi connectivity index (χ3n) is 3.29. The quantitative estimate of drug-likeness (QED) is 0.813. The molecule has 0 atom stereocenters. The molecule has 1 aliphatic rings. The van der Waals surface area contributed by atoms with E-state index in [4.69, 9.17) is 13.9 Å². The van der Waals surface area contributed by atoms with Crippen LogP contribution in [0.2, 0.25) is 0 Å². The Bertz CT molecular complexity index is 745. The van der Waals surface area contributed by atoms with Crippen molar-refractivity contribution in [1.29, 1.82) is 0 Å². The van der Waals surface area contributed by atoms with Crippen molar-refractivity contribution < 1.29 is 23.5 Å². The summed E-state index contributed by atoms with van der Waals surface area (Å²) in [7, 11) is 0.